The van der Waals surface area contributed by atoms with Gasteiger partial charge in [-0.25, -0.2) is 0 Å². The van der Waals surface area contributed by atoms with Crippen LogP contribution in [0.3, 0.4) is 0 Å². The molecule has 21 heavy (non-hydrogen) atoms. The van der Waals surface area contributed by atoms with Gasteiger partial charge in [0.25, 0.3) is 0 Å². The molecule has 0 bridgehead atoms. The van der Waals surface area contributed by atoms with E-state index in [4.69, 9.17) is 0 Å². The van der Waals surface area contributed by atoms with Gasteiger partial charge in [0.15, 0.2) is 0 Å². The SMILES string of the molecule is CC(O)c1ccc(SCC(=O)Nc2ccc(Br)cc2)cc1. The number of rotatable bonds is 5. The van der Waals surface area contributed by atoms with Crippen molar-refractivity contribution in [1.82, 2.24) is 0 Å². The Morgan fingerprint density at radius 2 is 1.81 bits per heavy atom. The topological polar surface area (TPSA) is 49.3 Å². The Morgan fingerprint density at radius 3 is 2.38 bits per heavy atom. The van der Waals surface area contributed by atoms with Gasteiger partial charge in [0, 0.05) is 15.1 Å². The van der Waals surface area contributed by atoms with Gasteiger partial charge in [-0.15, -0.1) is 11.8 Å². The third-order valence-electron chi connectivity index (χ3n) is 2.86. The number of amides is 1. The molecule has 2 aromatic rings. The Kier molecular flexibility index (Phi) is 5.85. The van der Waals surface area contributed by atoms with Gasteiger partial charge in [0.05, 0.1) is 11.9 Å². The zero-order valence-electron chi connectivity index (χ0n) is 11.5. The zero-order valence-corrected chi connectivity index (χ0v) is 13.9. The molecule has 2 rings (SSSR count). The predicted octanol–water partition coefficient (Wildman–Crippen LogP) is 4.23. The number of thioether (sulfide) groups is 1. The molecule has 3 nitrogen and oxygen atoms in total. The van der Waals surface area contributed by atoms with E-state index in [-0.39, 0.29) is 5.91 Å². The fraction of sp³-hybridized carbons (Fsp3) is 0.188. The summed E-state index contributed by atoms with van der Waals surface area (Å²) in [5, 5.41) is 12.3. The van der Waals surface area contributed by atoms with Crippen LogP contribution in [-0.4, -0.2) is 16.8 Å². The third-order valence-corrected chi connectivity index (χ3v) is 4.40. The van der Waals surface area contributed by atoms with E-state index >= 15 is 0 Å². The monoisotopic (exact) mass is 365 g/mol. The zero-order chi connectivity index (χ0) is 15.2. The molecule has 5 heteroatoms. The van der Waals surface area contributed by atoms with Crippen molar-refractivity contribution in [2.45, 2.75) is 17.9 Å². The van der Waals surface area contributed by atoms with Gasteiger partial charge in [-0.05, 0) is 48.9 Å². The maximum absolute atomic E-state index is 11.9. The van der Waals surface area contributed by atoms with Gasteiger partial charge in [-0.3, -0.25) is 4.79 Å². The highest BCUT2D eigenvalue weighted by Crippen LogP contribution is 2.21. The number of nitrogens with one attached hydrogen (secondary N) is 1. The molecule has 1 atom stereocenters. The lowest BCUT2D eigenvalue weighted by molar-refractivity contribution is -0.113. The molecule has 0 heterocycles. The molecule has 0 aromatic heterocycles. The summed E-state index contributed by atoms with van der Waals surface area (Å²) < 4.78 is 0.980. The van der Waals surface area contributed by atoms with Gasteiger partial charge in [0.2, 0.25) is 5.91 Å². The van der Waals surface area contributed by atoms with Crippen LogP contribution in [0, 0.1) is 0 Å². The average Bonchev–Trinajstić information content (AvgIpc) is 2.48. The number of hydrogen-bond acceptors (Lipinski definition) is 3. The minimum Gasteiger partial charge on any atom is -0.389 e. The quantitative estimate of drug-likeness (QED) is 0.779. The molecule has 110 valence electrons. The van der Waals surface area contributed by atoms with Crippen LogP contribution in [0.25, 0.3) is 0 Å². The van der Waals surface area contributed by atoms with Gasteiger partial charge in [-0.2, -0.15) is 0 Å². The number of halogens is 1. The minimum atomic E-state index is -0.468. The lowest BCUT2D eigenvalue weighted by Crippen LogP contribution is -2.13. The van der Waals surface area contributed by atoms with Crippen molar-refractivity contribution in [2.75, 3.05) is 11.1 Å². The summed E-state index contributed by atoms with van der Waals surface area (Å²) in [6, 6.07) is 15.1. The van der Waals surface area contributed by atoms with E-state index in [0.29, 0.717) is 5.75 Å². The molecule has 0 saturated carbocycles. The Bertz CT molecular complexity index is 597. The first-order valence-electron chi connectivity index (χ1n) is 6.51. The van der Waals surface area contributed by atoms with Crippen molar-refractivity contribution in [3.63, 3.8) is 0 Å². The number of hydrogen-bond donors (Lipinski definition) is 2. The lowest BCUT2D eigenvalue weighted by atomic mass is 10.1. The first-order chi connectivity index (χ1) is 10.0. The van der Waals surface area contributed by atoms with E-state index in [2.05, 4.69) is 21.2 Å². The molecule has 0 saturated heterocycles. The molecule has 2 aromatic carbocycles. The first-order valence-corrected chi connectivity index (χ1v) is 8.29. The fourth-order valence-electron chi connectivity index (χ4n) is 1.72. The third kappa shape index (κ3) is 5.19. The highest BCUT2D eigenvalue weighted by molar-refractivity contribution is 9.10. The van der Waals surface area contributed by atoms with Crippen LogP contribution in [0.1, 0.15) is 18.6 Å². The number of anilines is 1. The average molecular weight is 366 g/mol. The fourth-order valence-corrected chi connectivity index (χ4v) is 2.68. The molecular formula is C16H16BrNO2S. The van der Waals surface area contributed by atoms with Crippen molar-refractivity contribution < 1.29 is 9.90 Å². The molecule has 1 unspecified atom stereocenters. The van der Waals surface area contributed by atoms with Gasteiger partial charge < -0.3 is 10.4 Å². The summed E-state index contributed by atoms with van der Waals surface area (Å²) in [6.45, 7) is 1.73. The van der Waals surface area contributed by atoms with Crippen LogP contribution in [0.15, 0.2) is 57.9 Å². The standard InChI is InChI=1S/C16H16BrNO2S/c1-11(19)12-2-8-15(9-3-12)21-10-16(20)18-14-6-4-13(17)5-7-14/h2-9,11,19H,10H2,1H3,(H,18,20). The Labute approximate surface area is 136 Å². The van der Waals surface area contributed by atoms with Gasteiger partial charge >= 0.3 is 0 Å². The predicted molar refractivity (Wildman–Crippen MR) is 90.6 cm³/mol. The minimum absolute atomic E-state index is 0.0399. The van der Waals surface area contributed by atoms with Crippen molar-refractivity contribution in [2.24, 2.45) is 0 Å². The summed E-state index contributed by atoms with van der Waals surface area (Å²) in [5.41, 5.74) is 1.66. The highest BCUT2D eigenvalue weighted by Gasteiger charge is 2.05. The van der Waals surface area contributed by atoms with Crippen LogP contribution in [0.5, 0.6) is 0 Å². The van der Waals surface area contributed by atoms with Crippen molar-refractivity contribution in [3.05, 3.63) is 58.6 Å². The molecule has 0 radical (unpaired) electrons. The Morgan fingerprint density at radius 1 is 1.19 bits per heavy atom. The van der Waals surface area contributed by atoms with Crippen LogP contribution in [0.2, 0.25) is 0 Å². The summed E-state index contributed by atoms with van der Waals surface area (Å²) >= 11 is 4.82. The molecular weight excluding hydrogens is 350 g/mol. The van der Waals surface area contributed by atoms with Crippen LogP contribution >= 0.6 is 27.7 Å². The smallest absolute Gasteiger partial charge is 0.234 e. The summed E-state index contributed by atoms with van der Waals surface area (Å²) in [4.78, 5) is 12.9. The Balaban J connectivity index is 1.84. The number of aliphatic hydroxyl groups is 1. The molecule has 0 aliphatic heterocycles. The van der Waals surface area contributed by atoms with Crippen LogP contribution < -0.4 is 5.32 Å². The second kappa shape index (κ2) is 7.64. The van der Waals surface area contributed by atoms with Crippen LogP contribution in [0.4, 0.5) is 5.69 Å². The lowest BCUT2D eigenvalue weighted by Gasteiger charge is -2.07. The number of benzene rings is 2. The summed E-state index contributed by atoms with van der Waals surface area (Å²) in [6.07, 6.45) is -0.468. The van der Waals surface area contributed by atoms with E-state index in [1.54, 1.807) is 6.92 Å². The van der Waals surface area contributed by atoms with Gasteiger partial charge in [-0.1, -0.05) is 28.1 Å². The van der Waals surface area contributed by atoms with E-state index in [0.717, 1.165) is 20.6 Å². The number of carbonyl (C=O) groups excluding carboxylic acids is 1. The second-order valence-corrected chi connectivity index (χ2v) is 6.55. The second-order valence-electron chi connectivity index (χ2n) is 4.59. The molecule has 0 spiro atoms. The molecule has 2 N–H and O–H groups in total. The van der Waals surface area contributed by atoms with Crippen molar-refractivity contribution in [3.8, 4) is 0 Å². The molecule has 0 aliphatic carbocycles. The summed E-state index contributed by atoms with van der Waals surface area (Å²) in [5.74, 6) is 0.311. The molecule has 0 fully saturated rings. The normalized spacial score (nSPS) is 12.0. The van der Waals surface area contributed by atoms with E-state index in [1.807, 2.05) is 48.5 Å². The number of carbonyl (C=O) groups is 1. The first kappa shape index (κ1) is 16.1. The number of aliphatic hydroxyl groups excluding tert-OH is 1. The van der Waals surface area contributed by atoms with Crippen molar-refractivity contribution >= 4 is 39.3 Å². The molecule has 0 aliphatic rings. The molecule has 1 amide bonds. The van der Waals surface area contributed by atoms with E-state index in [9.17, 15) is 9.90 Å². The Hall–Kier alpha value is -1.30. The van der Waals surface area contributed by atoms with Crippen molar-refractivity contribution in [1.29, 1.82) is 0 Å². The summed E-state index contributed by atoms with van der Waals surface area (Å²) in [7, 11) is 0. The largest absolute Gasteiger partial charge is 0.389 e. The van der Waals surface area contributed by atoms with Gasteiger partial charge in [0.1, 0.15) is 0 Å². The maximum Gasteiger partial charge on any atom is 0.234 e. The van der Waals surface area contributed by atoms with E-state index < -0.39 is 6.10 Å². The highest BCUT2D eigenvalue weighted by atomic mass is 79.9. The maximum atomic E-state index is 11.9. The van der Waals surface area contributed by atoms with Crippen LogP contribution in [-0.2, 0) is 4.79 Å². The van der Waals surface area contributed by atoms with E-state index in [1.165, 1.54) is 11.8 Å².